The molecular formula is C10H15NO4S. The highest BCUT2D eigenvalue weighted by molar-refractivity contribution is 7.92. The molecule has 2 aliphatic rings. The van der Waals surface area contributed by atoms with E-state index in [0.717, 1.165) is 0 Å². The minimum Gasteiger partial charge on any atom is -0.445 e. The molecule has 2 rings (SSSR count). The highest BCUT2D eigenvalue weighted by Gasteiger charge is 2.45. The van der Waals surface area contributed by atoms with Gasteiger partial charge in [0.05, 0.1) is 11.5 Å². The second kappa shape index (κ2) is 4.08. The molecule has 0 aromatic rings. The minimum atomic E-state index is -2.75. The molecule has 0 aromatic carbocycles. The van der Waals surface area contributed by atoms with Gasteiger partial charge in [-0.2, -0.15) is 0 Å². The van der Waals surface area contributed by atoms with Crippen LogP contribution in [0.25, 0.3) is 0 Å². The molecule has 2 heterocycles. The number of carbonyl (C=O) groups is 1. The molecule has 2 fully saturated rings. The fourth-order valence-corrected chi connectivity index (χ4v) is 3.81. The molecular weight excluding hydrogens is 230 g/mol. The lowest BCUT2D eigenvalue weighted by atomic mass is 9.88. The van der Waals surface area contributed by atoms with E-state index in [-0.39, 0.29) is 30.1 Å². The number of hydrogen-bond acceptors (Lipinski definition) is 4. The van der Waals surface area contributed by atoms with Crippen molar-refractivity contribution in [2.45, 2.75) is 0 Å². The van der Waals surface area contributed by atoms with Crippen molar-refractivity contribution in [2.75, 3.05) is 31.2 Å². The first-order chi connectivity index (χ1) is 7.52. The molecule has 0 radical (unpaired) electrons. The second-order valence-electron chi connectivity index (χ2n) is 4.37. The summed E-state index contributed by atoms with van der Waals surface area (Å²) >= 11 is 0. The summed E-state index contributed by atoms with van der Waals surface area (Å²) in [7, 11) is -2.75. The molecule has 2 saturated heterocycles. The van der Waals surface area contributed by atoms with E-state index in [0.29, 0.717) is 19.0 Å². The van der Waals surface area contributed by atoms with Crippen LogP contribution in [0.5, 0.6) is 0 Å². The first-order valence-corrected chi connectivity index (χ1v) is 7.07. The Balaban J connectivity index is 1.70. The summed E-state index contributed by atoms with van der Waals surface area (Å²) in [5.41, 5.74) is 0. The summed E-state index contributed by atoms with van der Waals surface area (Å²) in [6.45, 7) is 4.92. The van der Waals surface area contributed by atoms with Crippen LogP contribution in [0.15, 0.2) is 12.7 Å². The van der Waals surface area contributed by atoms with Gasteiger partial charge in [0.1, 0.15) is 6.61 Å². The first-order valence-electron chi connectivity index (χ1n) is 5.25. The van der Waals surface area contributed by atoms with Crippen LogP contribution in [-0.4, -0.2) is 50.6 Å². The quantitative estimate of drug-likeness (QED) is 0.670. The highest BCUT2D eigenvalue weighted by Crippen LogP contribution is 2.32. The summed E-state index contributed by atoms with van der Waals surface area (Å²) in [6.07, 6.45) is 1.19. The molecule has 0 unspecified atom stereocenters. The Morgan fingerprint density at radius 3 is 2.50 bits per heavy atom. The lowest BCUT2D eigenvalue weighted by Gasteiger charge is -2.45. The number of amides is 1. The van der Waals surface area contributed by atoms with Crippen molar-refractivity contribution < 1.29 is 17.9 Å². The number of sulfone groups is 1. The van der Waals surface area contributed by atoms with E-state index in [1.807, 2.05) is 0 Å². The Labute approximate surface area is 95.0 Å². The largest absolute Gasteiger partial charge is 0.445 e. The third-order valence-corrected chi connectivity index (χ3v) is 4.97. The van der Waals surface area contributed by atoms with Gasteiger partial charge in [-0.25, -0.2) is 13.2 Å². The van der Waals surface area contributed by atoms with Gasteiger partial charge in [0.2, 0.25) is 0 Å². The maximum Gasteiger partial charge on any atom is 0.410 e. The van der Waals surface area contributed by atoms with Crippen molar-refractivity contribution in [1.82, 2.24) is 4.90 Å². The molecule has 0 spiro atoms. The van der Waals surface area contributed by atoms with Crippen LogP contribution in [0.3, 0.4) is 0 Å². The van der Waals surface area contributed by atoms with Crippen LogP contribution in [0.4, 0.5) is 4.79 Å². The monoisotopic (exact) mass is 245 g/mol. The number of likely N-dealkylation sites (tertiary alicyclic amines) is 1. The Hall–Kier alpha value is -1.04. The van der Waals surface area contributed by atoms with Gasteiger partial charge in [-0.15, -0.1) is 0 Å². The van der Waals surface area contributed by atoms with Crippen LogP contribution >= 0.6 is 0 Å². The first kappa shape index (κ1) is 11.4. The van der Waals surface area contributed by atoms with Gasteiger partial charge in [-0.1, -0.05) is 12.7 Å². The summed E-state index contributed by atoms with van der Waals surface area (Å²) in [5.74, 6) is 1.15. The van der Waals surface area contributed by atoms with Crippen molar-refractivity contribution in [2.24, 2.45) is 11.8 Å². The third-order valence-electron chi connectivity index (χ3n) is 3.10. The zero-order valence-electron chi connectivity index (χ0n) is 8.96. The van der Waals surface area contributed by atoms with E-state index in [9.17, 15) is 13.2 Å². The van der Waals surface area contributed by atoms with Crippen molar-refractivity contribution in [3.8, 4) is 0 Å². The highest BCUT2D eigenvalue weighted by atomic mass is 32.2. The SMILES string of the molecule is C=CCOC(=O)N1CC(C2CS(=O)(=O)C2)C1. The molecule has 6 heteroatoms. The maximum absolute atomic E-state index is 11.3. The number of hydrogen-bond donors (Lipinski definition) is 0. The summed E-state index contributed by atoms with van der Waals surface area (Å²) < 4.78 is 26.8. The zero-order chi connectivity index (χ0) is 11.8. The standard InChI is InChI=1S/C10H15NO4S/c1-2-3-15-10(12)11-4-8(5-11)9-6-16(13,14)7-9/h2,8-9H,1,3-7H2. The van der Waals surface area contributed by atoms with Crippen molar-refractivity contribution in [1.29, 1.82) is 0 Å². The van der Waals surface area contributed by atoms with Crippen LogP contribution in [0, 0.1) is 11.8 Å². The Morgan fingerprint density at radius 2 is 2.00 bits per heavy atom. The fraction of sp³-hybridized carbons (Fsp3) is 0.700. The Morgan fingerprint density at radius 1 is 1.38 bits per heavy atom. The number of carbonyl (C=O) groups excluding carboxylic acids is 1. The third kappa shape index (κ3) is 2.21. The van der Waals surface area contributed by atoms with Gasteiger partial charge in [0.25, 0.3) is 0 Å². The predicted molar refractivity (Wildman–Crippen MR) is 58.8 cm³/mol. The van der Waals surface area contributed by atoms with E-state index in [2.05, 4.69) is 6.58 Å². The van der Waals surface area contributed by atoms with Crippen LogP contribution in [0.2, 0.25) is 0 Å². The lowest BCUT2D eigenvalue weighted by Crippen LogP contribution is -2.57. The Bertz CT molecular complexity index is 385. The molecule has 0 bridgehead atoms. The van der Waals surface area contributed by atoms with E-state index >= 15 is 0 Å². The molecule has 1 amide bonds. The molecule has 16 heavy (non-hydrogen) atoms. The minimum absolute atomic E-state index is 0.220. The number of nitrogens with zero attached hydrogens (tertiary/aromatic N) is 1. The molecule has 0 atom stereocenters. The van der Waals surface area contributed by atoms with Gasteiger partial charge in [0.15, 0.2) is 9.84 Å². The van der Waals surface area contributed by atoms with Crippen molar-refractivity contribution in [3.63, 3.8) is 0 Å². The van der Waals surface area contributed by atoms with Gasteiger partial charge in [-0.3, -0.25) is 0 Å². The Kier molecular flexibility index (Phi) is 2.92. The normalized spacial score (nSPS) is 24.4. The van der Waals surface area contributed by atoms with E-state index in [4.69, 9.17) is 4.74 Å². The van der Waals surface area contributed by atoms with Gasteiger partial charge >= 0.3 is 6.09 Å². The van der Waals surface area contributed by atoms with Crippen molar-refractivity contribution in [3.05, 3.63) is 12.7 Å². The molecule has 0 saturated carbocycles. The number of rotatable bonds is 3. The molecule has 2 aliphatic heterocycles. The van der Waals surface area contributed by atoms with Gasteiger partial charge < -0.3 is 9.64 Å². The fourth-order valence-electron chi connectivity index (χ4n) is 2.06. The number of ether oxygens (including phenoxy) is 1. The lowest BCUT2D eigenvalue weighted by molar-refractivity contribution is 0.0437. The maximum atomic E-state index is 11.3. The molecule has 0 N–H and O–H groups in total. The topological polar surface area (TPSA) is 63.7 Å². The second-order valence-corrected chi connectivity index (χ2v) is 6.52. The van der Waals surface area contributed by atoms with E-state index < -0.39 is 9.84 Å². The van der Waals surface area contributed by atoms with E-state index in [1.165, 1.54) is 6.08 Å². The molecule has 0 aliphatic carbocycles. The average Bonchev–Trinajstić information content (AvgIpc) is 2.09. The van der Waals surface area contributed by atoms with Crippen LogP contribution < -0.4 is 0 Å². The molecule has 5 nitrogen and oxygen atoms in total. The summed E-state index contributed by atoms with van der Waals surface area (Å²) in [5, 5.41) is 0. The zero-order valence-corrected chi connectivity index (χ0v) is 9.78. The molecule has 0 aromatic heterocycles. The molecule has 90 valence electrons. The van der Waals surface area contributed by atoms with Crippen LogP contribution in [0.1, 0.15) is 0 Å². The smallest absolute Gasteiger partial charge is 0.410 e. The summed E-state index contributed by atoms with van der Waals surface area (Å²) in [6, 6.07) is 0. The van der Waals surface area contributed by atoms with Crippen molar-refractivity contribution >= 4 is 15.9 Å². The van der Waals surface area contributed by atoms with Gasteiger partial charge in [-0.05, 0) is 11.8 Å². The average molecular weight is 245 g/mol. The predicted octanol–water partition coefficient (Wildman–Crippen LogP) is 0.285. The van der Waals surface area contributed by atoms with Gasteiger partial charge in [0, 0.05) is 13.1 Å². The van der Waals surface area contributed by atoms with Crippen LogP contribution in [-0.2, 0) is 14.6 Å². The summed E-state index contributed by atoms with van der Waals surface area (Å²) in [4.78, 5) is 12.9. The van der Waals surface area contributed by atoms with E-state index in [1.54, 1.807) is 4.90 Å².